The standard InChI is InChI=1S/C12H8F2N4/c13-11-8(6-15)3-4-10(12(11)14)16-7-9-2-1-5-17-18-9/h1-5,16H,7H2. The molecular weight excluding hydrogens is 238 g/mol. The molecule has 2 rings (SSSR count). The van der Waals surface area contributed by atoms with E-state index in [0.29, 0.717) is 5.69 Å². The summed E-state index contributed by atoms with van der Waals surface area (Å²) >= 11 is 0. The molecule has 0 saturated carbocycles. The van der Waals surface area contributed by atoms with Crippen LogP contribution in [-0.4, -0.2) is 10.2 Å². The van der Waals surface area contributed by atoms with Gasteiger partial charge in [-0.2, -0.15) is 15.5 Å². The Balaban J connectivity index is 2.16. The van der Waals surface area contributed by atoms with Gasteiger partial charge in [0.15, 0.2) is 11.6 Å². The number of benzene rings is 1. The van der Waals surface area contributed by atoms with E-state index in [-0.39, 0.29) is 17.8 Å². The molecule has 0 spiro atoms. The summed E-state index contributed by atoms with van der Waals surface area (Å²) in [7, 11) is 0. The molecule has 1 heterocycles. The van der Waals surface area contributed by atoms with E-state index < -0.39 is 11.6 Å². The van der Waals surface area contributed by atoms with E-state index in [0.717, 1.165) is 0 Å². The number of rotatable bonds is 3. The van der Waals surface area contributed by atoms with Gasteiger partial charge in [-0.25, -0.2) is 8.78 Å². The maximum atomic E-state index is 13.5. The number of anilines is 1. The van der Waals surface area contributed by atoms with Gasteiger partial charge in [-0.3, -0.25) is 0 Å². The zero-order chi connectivity index (χ0) is 13.0. The highest BCUT2D eigenvalue weighted by atomic mass is 19.2. The van der Waals surface area contributed by atoms with Crippen LogP contribution in [0.2, 0.25) is 0 Å². The van der Waals surface area contributed by atoms with Crippen LogP contribution in [0.4, 0.5) is 14.5 Å². The van der Waals surface area contributed by atoms with Gasteiger partial charge in [0.25, 0.3) is 0 Å². The van der Waals surface area contributed by atoms with E-state index in [1.807, 2.05) is 0 Å². The minimum Gasteiger partial charge on any atom is -0.377 e. The second kappa shape index (κ2) is 5.19. The first-order valence-corrected chi connectivity index (χ1v) is 5.11. The summed E-state index contributed by atoms with van der Waals surface area (Å²) in [6, 6.07) is 7.50. The number of aromatic nitrogens is 2. The Kier molecular flexibility index (Phi) is 3.44. The van der Waals surface area contributed by atoms with Gasteiger partial charge in [-0.15, -0.1) is 0 Å². The molecule has 0 bridgehead atoms. The third kappa shape index (κ3) is 2.40. The fraction of sp³-hybridized carbons (Fsp3) is 0.0833. The van der Waals surface area contributed by atoms with E-state index in [9.17, 15) is 8.78 Å². The van der Waals surface area contributed by atoms with Crippen molar-refractivity contribution in [1.29, 1.82) is 5.26 Å². The Hall–Kier alpha value is -2.55. The van der Waals surface area contributed by atoms with Crippen molar-refractivity contribution in [3.8, 4) is 6.07 Å². The molecule has 2 aromatic rings. The lowest BCUT2D eigenvalue weighted by molar-refractivity contribution is 0.508. The maximum absolute atomic E-state index is 13.5. The average molecular weight is 246 g/mol. The van der Waals surface area contributed by atoms with Crippen LogP contribution in [0.5, 0.6) is 0 Å². The molecule has 18 heavy (non-hydrogen) atoms. The van der Waals surface area contributed by atoms with Gasteiger partial charge < -0.3 is 5.32 Å². The van der Waals surface area contributed by atoms with Crippen molar-refractivity contribution in [1.82, 2.24) is 10.2 Å². The van der Waals surface area contributed by atoms with Crippen LogP contribution >= 0.6 is 0 Å². The van der Waals surface area contributed by atoms with Crippen molar-refractivity contribution in [3.63, 3.8) is 0 Å². The van der Waals surface area contributed by atoms with E-state index in [4.69, 9.17) is 5.26 Å². The molecule has 1 aromatic carbocycles. The molecule has 1 aromatic heterocycles. The maximum Gasteiger partial charge on any atom is 0.183 e. The zero-order valence-corrected chi connectivity index (χ0v) is 9.19. The summed E-state index contributed by atoms with van der Waals surface area (Å²) < 4.78 is 26.9. The van der Waals surface area contributed by atoms with Crippen molar-refractivity contribution in [3.05, 3.63) is 53.4 Å². The quantitative estimate of drug-likeness (QED) is 0.902. The van der Waals surface area contributed by atoms with Gasteiger partial charge in [0.05, 0.1) is 23.5 Å². The van der Waals surface area contributed by atoms with Gasteiger partial charge in [0.1, 0.15) is 6.07 Å². The second-order valence-electron chi connectivity index (χ2n) is 3.47. The van der Waals surface area contributed by atoms with Crippen LogP contribution in [0.25, 0.3) is 0 Å². The summed E-state index contributed by atoms with van der Waals surface area (Å²) in [5.74, 6) is -2.22. The lowest BCUT2D eigenvalue weighted by atomic mass is 10.2. The number of nitriles is 1. The highest BCUT2D eigenvalue weighted by Crippen LogP contribution is 2.20. The molecule has 0 aliphatic rings. The Morgan fingerprint density at radius 3 is 2.72 bits per heavy atom. The summed E-state index contributed by atoms with van der Waals surface area (Å²) in [5, 5.41) is 18.7. The van der Waals surface area contributed by atoms with Crippen LogP contribution in [0, 0.1) is 23.0 Å². The smallest absolute Gasteiger partial charge is 0.183 e. The number of halogens is 2. The second-order valence-corrected chi connectivity index (χ2v) is 3.47. The molecule has 0 aliphatic carbocycles. The molecule has 0 amide bonds. The number of hydrogen-bond acceptors (Lipinski definition) is 4. The molecule has 0 unspecified atom stereocenters. The molecule has 4 nitrogen and oxygen atoms in total. The van der Waals surface area contributed by atoms with Gasteiger partial charge in [-0.05, 0) is 24.3 Å². The summed E-state index contributed by atoms with van der Waals surface area (Å²) in [5.41, 5.74) is 0.261. The molecule has 90 valence electrons. The SMILES string of the molecule is N#Cc1ccc(NCc2cccnn2)c(F)c1F. The third-order valence-electron chi connectivity index (χ3n) is 2.29. The van der Waals surface area contributed by atoms with Crippen LogP contribution in [0.15, 0.2) is 30.5 Å². The topological polar surface area (TPSA) is 61.6 Å². The third-order valence-corrected chi connectivity index (χ3v) is 2.29. The largest absolute Gasteiger partial charge is 0.377 e. The van der Waals surface area contributed by atoms with Crippen molar-refractivity contribution >= 4 is 5.69 Å². The fourth-order valence-corrected chi connectivity index (χ4v) is 1.39. The number of nitrogens with one attached hydrogen (secondary N) is 1. The summed E-state index contributed by atoms with van der Waals surface area (Å²) in [6.07, 6.45) is 1.52. The first-order valence-electron chi connectivity index (χ1n) is 5.11. The van der Waals surface area contributed by atoms with Crippen LogP contribution in [0.1, 0.15) is 11.3 Å². The highest BCUT2D eigenvalue weighted by Gasteiger charge is 2.12. The molecular formula is C12H8F2N4. The van der Waals surface area contributed by atoms with E-state index in [1.165, 1.54) is 18.3 Å². The predicted octanol–water partition coefficient (Wildman–Crippen LogP) is 2.24. The summed E-state index contributed by atoms with van der Waals surface area (Å²) in [4.78, 5) is 0. The Morgan fingerprint density at radius 2 is 2.06 bits per heavy atom. The van der Waals surface area contributed by atoms with Crippen molar-refractivity contribution in [2.45, 2.75) is 6.54 Å². The minimum atomic E-state index is -1.15. The first kappa shape index (κ1) is 11.9. The van der Waals surface area contributed by atoms with Gasteiger partial charge >= 0.3 is 0 Å². The molecule has 1 N–H and O–H groups in total. The number of nitrogens with zero attached hydrogens (tertiary/aromatic N) is 3. The lowest BCUT2D eigenvalue weighted by Gasteiger charge is -2.07. The van der Waals surface area contributed by atoms with Gasteiger partial charge in [0, 0.05) is 6.20 Å². The highest BCUT2D eigenvalue weighted by molar-refractivity contribution is 5.49. The van der Waals surface area contributed by atoms with Gasteiger partial charge in [-0.1, -0.05) is 0 Å². The monoisotopic (exact) mass is 246 g/mol. The van der Waals surface area contributed by atoms with Crippen LogP contribution in [0.3, 0.4) is 0 Å². The van der Waals surface area contributed by atoms with Gasteiger partial charge in [0.2, 0.25) is 0 Å². The molecule has 0 aliphatic heterocycles. The zero-order valence-electron chi connectivity index (χ0n) is 9.19. The minimum absolute atomic E-state index is 0.0165. The summed E-state index contributed by atoms with van der Waals surface area (Å²) in [6.45, 7) is 0.218. The normalized spacial score (nSPS) is 9.83. The molecule has 0 fully saturated rings. The average Bonchev–Trinajstić information content (AvgIpc) is 2.42. The Bertz CT molecular complexity index is 593. The number of hydrogen-bond donors (Lipinski definition) is 1. The van der Waals surface area contributed by atoms with Crippen molar-refractivity contribution < 1.29 is 8.78 Å². The lowest BCUT2D eigenvalue weighted by Crippen LogP contribution is -2.05. The Morgan fingerprint density at radius 1 is 1.22 bits per heavy atom. The van der Waals surface area contributed by atoms with Crippen LogP contribution < -0.4 is 5.32 Å². The first-order chi connectivity index (χ1) is 8.72. The molecule has 6 heteroatoms. The van der Waals surface area contributed by atoms with Crippen molar-refractivity contribution in [2.24, 2.45) is 0 Å². The van der Waals surface area contributed by atoms with E-state index in [1.54, 1.807) is 18.2 Å². The predicted molar refractivity (Wildman–Crippen MR) is 60.4 cm³/mol. The molecule has 0 atom stereocenters. The van der Waals surface area contributed by atoms with E-state index >= 15 is 0 Å². The Labute approximate surface area is 102 Å². The fourth-order valence-electron chi connectivity index (χ4n) is 1.39. The van der Waals surface area contributed by atoms with Crippen LogP contribution in [-0.2, 0) is 6.54 Å². The molecule has 0 radical (unpaired) electrons. The molecule has 0 saturated heterocycles. The van der Waals surface area contributed by atoms with E-state index in [2.05, 4.69) is 15.5 Å². The van der Waals surface area contributed by atoms with Crippen molar-refractivity contribution in [2.75, 3.05) is 5.32 Å².